The lowest BCUT2D eigenvalue weighted by Crippen LogP contribution is -2.13. The lowest BCUT2D eigenvalue weighted by atomic mass is 10.1. The molecule has 3 aromatic rings. The van der Waals surface area contributed by atoms with Crippen LogP contribution in [-0.4, -0.2) is 23.0 Å². The van der Waals surface area contributed by atoms with E-state index in [0.717, 1.165) is 23.3 Å². The molecule has 0 unspecified atom stereocenters. The maximum absolute atomic E-state index is 12.0. The molecule has 6 heteroatoms. The van der Waals surface area contributed by atoms with Crippen molar-refractivity contribution in [1.29, 1.82) is 0 Å². The highest BCUT2D eigenvalue weighted by Crippen LogP contribution is 2.27. The standard InChI is InChI=1S/C21H20ClN3O2/c1-3-4-20(26)25-21-23-18(14-5-9-16(22)10-6-14)13-19(24-21)15-7-11-17(27-2)12-8-15/h5-13H,3-4H2,1-2H3,(H,23,24,25,26). The Hall–Kier alpha value is -2.92. The number of carbonyl (C=O) groups is 1. The van der Waals surface area contributed by atoms with Gasteiger partial charge in [-0.05, 0) is 48.9 Å². The fraction of sp³-hybridized carbons (Fsp3) is 0.190. The summed E-state index contributed by atoms with van der Waals surface area (Å²) >= 11 is 5.99. The number of nitrogens with zero attached hydrogens (tertiary/aromatic N) is 2. The second kappa shape index (κ2) is 8.64. The summed E-state index contributed by atoms with van der Waals surface area (Å²) in [6.45, 7) is 1.95. The van der Waals surface area contributed by atoms with Gasteiger partial charge >= 0.3 is 0 Å². The molecule has 0 fully saturated rings. The molecule has 3 rings (SSSR count). The number of ether oxygens (including phenoxy) is 1. The van der Waals surface area contributed by atoms with E-state index < -0.39 is 0 Å². The Morgan fingerprint density at radius 1 is 1.00 bits per heavy atom. The van der Waals surface area contributed by atoms with Gasteiger partial charge in [-0.3, -0.25) is 10.1 Å². The summed E-state index contributed by atoms with van der Waals surface area (Å²) in [4.78, 5) is 21.0. The van der Waals surface area contributed by atoms with E-state index >= 15 is 0 Å². The molecule has 0 bridgehead atoms. The molecule has 0 spiro atoms. The number of aromatic nitrogens is 2. The molecule has 1 heterocycles. The lowest BCUT2D eigenvalue weighted by molar-refractivity contribution is -0.116. The number of benzene rings is 2. The predicted octanol–water partition coefficient (Wildman–Crippen LogP) is 5.21. The first-order chi connectivity index (χ1) is 13.1. The fourth-order valence-corrected chi connectivity index (χ4v) is 2.72. The van der Waals surface area contributed by atoms with Crippen LogP contribution >= 0.6 is 11.6 Å². The van der Waals surface area contributed by atoms with E-state index in [-0.39, 0.29) is 11.9 Å². The van der Waals surface area contributed by atoms with Gasteiger partial charge in [0, 0.05) is 22.6 Å². The molecule has 1 N–H and O–H groups in total. The third kappa shape index (κ3) is 4.83. The number of hydrogen-bond donors (Lipinski definition) is 1. The second-order valence-corrected chi connectivity index (χ2v) is 6.43. The molecular weight excluding hydrogens is 362 g/mol. The van der Waals surface area contributed by atoms with Crippen LogP contribution in [0.3, 0.4) is 0 Å². The third-order valence-electron chi connectivity index (χ3n) is 3.98. The number of nitrogens with one attached hydrogen (secondary N) is 1. The molecule has 2 aromatic carbocycles. The molecule has 5 nitrogen and oxygen atoms in total. The predicted molar refractivity (Wildman–Crippen MR) is 108 cm³/mol. The van der Waals surface area contributed by atoms with Gasteiger partial charge in [0.15, 0.2) is 0 Å². The van der Waals surface area contributed by atoms with Crippen molar-refractivity contribution in [2.45, 2.75) is 19.8 Å². The zero-order chi connectivity index (χ0) is 19.2. The summed E-state index contributed by atoms with van der Waals surface area (Å²) in [5.41, 5.74) is 3.21. The van der Waals surface area contributed by atoms with Gasteiger partial charge in [-0.25, -0.2) is 9.97 Å². The molecule has 0 atom stereocenters. The smallest absolute Gasteiger partial charge is 0.230 e. The first-order valence-corrected chi connectivity index (χ1v) is 9.06. The van der Waals surface area contributed by atoms with Gasteiger partial charge in [-0.15, -0.1) is 0 Å². The van der Waals surface area contributed by atoms with Gasteiger partial charge in [0.25, 0.3) is 0 Å². The van der Waals surface area contributed by atoms with E-state index in [4.69, 9.17) is 16.3 Å². The van der Waals surface area contributed by atoms with Crippen LogP contribution in [0.15, 0.2) is 54.6 Å². The highest BCUT2D eigenvalue weighted by atomic mass is 35.5. The Balaban J connectivity index is 2.03. The normalized spacial score (nSPS) is 10.5. The van der Waals surface area contributed by atoms with Gasteiger partial charge in [-0.1, -0.05) is 30.7 Å². The molecule has 0 saturated carbocycles. The van der Waals surface area contributed by atoms with Gasteiger partial charge in [-0.2, -0.15) is 0 Å². The summed E-state index contributed by atoms with van der Waals surface area (Å²) in [6, 6.07) is 16.9. The molecule has 1 aromatic heterocycles. The van der Waals surface area contributed by atoms with Crippen LogP contribution in [-0.2, 0) is 4.79 Å². The van der Waals surface area contributed by atoms with E-state index in [2.05, 4.69) is 15.3 Å². The number of halogens is 1. The van der Waals surface area contributed by atoms with Crippen molar-refractivity contribution in [3.63, 3.8) is 0 Å². The van der Waals surface area contributed by atoms with E-state index in [0.29, 0.717) is 22.8 Å². The number of amides is 1. The number of carbonyl (C=O) groups excluding carboxylic acids is 1. The Morgan fingerprint density at radius 2 is 1.56 bits per heavy atom. The summed E-state index contributed by atoms with van der Waals surface area (Å²) in [5.74, 6) is 0.945. The molecule has 0 aliphatic rings. The molecular formula is C21H20ClN3O2. The van der Waals surface area contributed by atoms with Gasteiger partial charge in [0.2, 0.25) is 11.9 Å². The molecule has 0 radical (unpaired) electrons. The minimum atomic E-state index is -0.105. The fourth-order valence-electron chi connectivity index (χ4n) is 2.60. The van der Waals surface area contributed by atoms with Crippen LogP contribution in [0.25, 0.3) is 22.5 Å². The molecule has 0 saturated heterocycles. The Kier molecular flexibility index (Phi) is 6.04. The summed E-state index contributed by atoms with van der Waals surface area (Å²) in [6.07, 6.45) is 1.18. The lowest BCUT2D eigenvalue weighted by Gasteiger charge is -2.10. The molecule has 0 aliphatic heterocycles. The summed E-state index contributed by atoms with van der Waals surface area (Å²) in [7, 11) is 1.62. The van der Waals surface area contributed by atoms with E-state index in [1.807, 2.05) is 49.4 Å². The van der Waals surface area contributed by atoms with E-state index in [1.165, 1.54) is 0 Å². The number of hydrogen-bond acceptors (Lipinski definition) is 4. The average molecular weight is 382 g/mol. The Morgan fingerprint density at radius 3 is 2.07 bits per heavy atom. The van der Waals surface area contributed by atoms with Gasteiger partial charge < -0.3 is 4.74 Å². The molecule has 0 aliphatic carbocycles. The average Bonchev–Trinajstić information content (AvgIpc) is 2.68. The summed E-state index contributed by atoms with van der Waals surface area (Å²) < 4.78 is 5.21. The van der Waals surface area contributed by atoms with E-state index in [9.17, 15) is 4.79 Å². The SMILES string of the molecule is CCCC(=O)Nc1nc(-c2ccc(Cl)cc2)cc(-c2ccc(OC)cc2)n1. The highest BCUT2D eigenvalue weighted by Gasteiger charge is 2.11. The van der Waals surface area contributed by atoms with Crippen LogP contribution in [0.2, 0.25) is 5.02 Å². The van der Waals surface area contributed by atoms with Crippen LogP contribution in [0.5, 0.6) is 5.75 Å². The van der Waals surface area contributed by atoms with Crippen LogP contribution < -0.4 is 10.1 Å². The third-order valence-corrected chi connectivity index (χ3v) is 4.23. The van der Waals surface area contributed by atoms with Crippen molar-refractivity contribution in [1.82, 2.24) is 9.97 Å². The quantitative estimate of drug-likeness (QED) is 0.636. The molecule has 27 heavy (non-hydrogen) atoms. The Labute approximate surface area is 163 Å². The molecule has 138 valence electrons. The number of rotatable bonds is 6. The highest BCUT2D eigenvalue weighted by molar-refractivity contribution is 6.30. The van der Waals surface area contributed by atoms with Crippen molar-refractivity contribution in [2.75, 3.05) is 12.4 Å². The summed E-state index contributed by atoms with van der Waals surface area (Å²) in [5, 5.41) is 3.44. The minimum absolute atomic E-state index is 0.105. The zero-order valence-electron chi connectivity index (χ0n) is 15.2. The van der Waals surface area contributed by atoms with Gasteiger partial charge in [0.05, 0.1) is 18.5 Å². The van der Waals surface area contributed by atoms with Crippen LogP contribution in [0.1, 0.15) is 19.8 Å². The van der Waals surface area contributed by atoms with E-state index in [1.54, 1.807) is 19.2 Å². The molecule has 1 amide bonds. The minimum Gasteiger partial charge on any atom is -0.497 e. The van der Waals surface area contributed by atoms with Crippen LogP contribution in [0, 0.1) is 0 Å². The van der Waals surface area contributed by atoms with Gasteiger partial charge in [0.1, 0.15) is 5.75 Å². The van der Waals surface area contributed by atoms with Crippen molar-refractivity contribution in [3.8, 4) is 28.3 Å². The van der Waals surface area contributed by atoms with Crippen LogP contribution in [0.4, 0.5) is 5.95 Å². The topological polar surface area (TPSA) is 64.1 Å². The Bertz CT molecular complexity index is 925. The number of methoxy groups -OCH3 is 1. The zero-order valence-corrected chi connectivity index (χ0v) is 16.0. The maximum atomic E-state index is 12.0. The first kappa shape index (κ1) is 18.9. The second-order valence-electron chi connectivity index (χ2n) is 6.00. The number of anilines is 1. The maximum Gasteiger partial charge on any atom is 0.230 e. The van der Waals surface area contributed by atoms with Crippen molar-refractivity contribution < 1.29 is 9.53 Å². The first-order valence-electron chi connectivity index (χ1n) is 8.68. The van der Waals surface area contributed by atoms with Crippen molar-refractivity contribution in [2.24, 2.45) is 0 Å². The van der Waals surface area contributed by atoms with Crippen molar-refractivity contribution >= 4 is 23.5 Å². The van der Waals surface area contributed by atoms with Crippen molar-refractivity contribution in [3.05, 3.63) is 59.6 Å². The monoisotopic (exact) mass is 381 g/mol. The largest absolute Gasteiger partial charge is 0.497 e.